The van der Waals surface area contributed by atoms with Gasteiger partial charge < -0.3 is 85.9 Å². The molecule has 30 heteroatoms. The Kier molecular flexibility index (Phi) is 30.8. The van der Waals surface area contributed by atoms with Gasteiger partial charge in [-0.3, -0.25) is 62.3 Å². The molecule has 1 aliphatic rings. The van der Waals surface area contributed by atoms with E-state index in [1.165, 1.54) is 18.7 Å². The van der Waals surface area contributed by atoms with Crippen molar-refractivity contribution in [1.29, 1.82) is 0 Å². The summed E-state index contributed by atoms with van der Waals surface area (Å²) < 4.78 is 0. The molecule has 87 heavy (non-hydrogen) atoms. The largest absolute Gasteiger partial charge is 0.394 e. The lowest BCUT2D eigenvalue weighted by atomic mass is 10.00. The van der Waals surface area contributed by atoms with Gasteiger partial charge in [-0.25, -0.2) is 0 Å². The lowest BCUT2D eigenvalue weighted by Crippen LogP contribution is -2.62. The summed E-state index contributed by atoms with van der Waals surface area (Å²) in [6.45, 7) is 6.76. The first kappa shape index (κ1) is 73.0. The van der Waals surface area contributed by atoms with Crippen LogP contribution in [0, 0.1) is 11.8 Å². The van der Waals surface area contributed by atoms with Crippen LogP contribution in [-0.4, -0.2) is 190 Å². The highest BCUT2D eigenvalue weighted by molar-refractivity contribution is 7.98. The molecule has 480 valence electrons. The van der Waals surface area contributed by atoms with Gasteiger partial charge in [0.25, 0.3) is 0 Å². The summed E-state index contributed by atoms with van der Waals surface area (Å²) in [6, 6.07) is 2.41. The van der Waals surface area contributed by atoms with Gasteiger partial charge in [0.2, 0.25) is 76.8 Å². The summed E-state index contributed by atoms with van der Waals surface area (Å²) in [5.41, 5.74) is 23.4. The van der Waals surface area contributed by atoms with Crippen LogP contribution < -0.4 is 70.8 Å². The number of amides is 13. The van der Waals surface area contributed by atoms with Crippen molar-refractivity contribution in [1.82, 2.24) is 52.8 Å². The van der Waals surface area contributed by atoms with Crippen LogP contribution in [0.1, 0.15) is 90.7 Å². The Labute approximate surface area is 509 Å². The Morgan fingerprint density at radius 3 is 1.45 bits per heavy atom. The van der Waals surface area contributed by atoms with Crippen molar-refractivity contribution in [2.75, 3.05) is 31.7 Å². The van der Waals surface area contributed by atoms with Crippen LogP contribution in [-0.2, 0) is 75.2 Å². The Bertz CT molecular complexity index is 2710. The average molecular weight is 1240 g/mol. The monoisotopic (exact) mass is 1240 g/mol. The quantitative estimate of drug-likeness (QED) is 0.0302. The predicted octanol–water partition coefficient (Wildman–Crippen LogP) is -4.76. The first-order valence-corrected chi connectivity index (χ1v) is 29.9. The fourth-order valence-electron chi connectivity index (χ4n) is 9.34. The zero-order valence-electron chi connectivity index (χ0n) is 49.8. The summed E-state index contributed by atoms with van der Waals surface area (Å²) in [5.74, 6) is -12.6. The second-order valence-electron chi connectivity index (χ2n) is 22.0. The Balaban J connectivity index is 1.82. The highest BCUT2D eigenvalue weighted by Crippen LogP contribution is 2.21. The maximum absolute atomic E-state index is 14.1. The third kappa shape index (κ3) is 25.0. The number of primary amides is 3. The van der Waals surface area contributed by atoms with E-state index in [9.17, 15) is 72.5 Å². The molecule has 3 rings (SSSR count). The molecular weight excluding hydrogens is 1150 g/mol. The number of carbonyl (C=O) groups is 13. The maximum Gasteiger partial charge on any atom is 0.248 e. The molecule has 0 aliphatic carbocycles. The fourth-order valence-corrected chi connectivity index (χ4v) is 9.81. The highest BCUT2D eigenvalue weighted by Gasteiger charge is 2.42. The second-order valence-corrected chi connectivity index (χ2v) is 23.0. The number of aliphatic hydroxyl groups excluding tert-OH is 2. The van der Waals surface area contributed by atoms with Gasteiger partial charge in [0.15, 0.2) is 0 Å². The van der Waals surface area contributed by atoms with Crippen molar-refractivity contribution in [2.24, 2.45) is 34.8 Å². The predicted molar refractivity (Wildman–Crippen MR) is 319 cm³/mol. The molecule has 1 heterocycles. The fraction of sp³-hybridized carbons (Fsp3) is 0.561. The number of rotatable bonds is 37. The number of benzene rings is 2. The summed E-state index contributed by atoms with van der Waals surface area (Å²) in [4.78, 5) is 176. The van der Waals surface area contributed by atoms with E-state index in [-0.39, 0.29) is 69.1 Å². The normalized spacial score (nSPS) is 16.4. The molecule has 19 N–H and O–H groups in total. The van der Waals surface area contributed by atoms with Crippen molar-refractivity contribution in [3.8, 4) is 0 Å². The molecule has 1 aliphatic heterocycles. The standard InChI is InChI=1S/C57H86N14O15S/c1-30(2)22-37(62-46(76)28-58)54(83)70-47(32(5)73)57(86)71-20-13-18-43(71)56(85)68-41(27-45(60)75)52(81)63-35(19-21-87-6)49(78)67-40(26-44(59)74)53(82)69-42(29-72)55(84)65-38(23-31(3)4)50(79)66-39(25-34-16-11-8-12-17-34)51(80)64-36(48(61)77)24-33-14-9-7-10-15-33/h7-12,14-17,30-32,35-43,47,72-73H,13,18-29,58H2,1-6H3,(H2,59,74)(H2,60,75)(H2,61,77)(H,62,76)(H,63,81)(H,64,80)(H,65,84)(H,66,79)(H,67,78)(H,68,85)(H,69,82)(H,70,83)/t32-,35+,36+,37+,38+,39+,40+,41+,42+,43+,47+/m1/s1. The zero-order valence-corrected chi connectivity index (χ0v) is 50.7. The van der Waals surface area contributed by atoms with Crippen LogP contribution in [0.5, 0.6) is 0 Å². The minimum Gasteiger partial charge on any atom is -0.394 e. The Morgan fingerprint density at radius 1 is 0.552 bits per heavy atom. The summed E-state index contributed by atoms with van der Waals surface area (Å²) in [6.07, 6.45) is -1.29. The number of carbonyl (C=O) groups excluding carboxylic acids is 13. The number of likely N-dealkylation sites (tertiary alicyclic amines) is 1. The second kappa shape index (κ2) is 36.7. The number of aliphatic hydroxyl groups is 2. The maximum atomic E-state index is 14.1. The summed E-state index contributed by atoms with van der Waals surface area (Å²) in [7, 11) is 0. The molecule has 2 aromatic rings. The molecule has 1 saturated heterocycles. The van der Waals surface area contributed by atoms with Crippen LogP contribution in [0.2, 0.25) is 0 Å². The molecule has 11 atom stereocenters. The van der Waals surface area contributed by atoms with E-state index in [2.05, 4.69) is 47.9 Å². The van der Waals surface area contributed by atoms with E-state index >= 15 is 0 Å². The molecule has 29 nitrogen and oxygen atoms in total. The van der Waals surface area contributed by atoms with Crippen molar-refractivity contribution >= 4 is 88.6 Å². The van der Waals surface area contributed by atoms with E-state index in [0.717, 1.165) is 4.90 Å². The van der Waals surface area contributed by atoms with E-state index < -0.39 is 169 Å². The SMILES string of the molecule is CSCC[C@H](NC(=O)[C@H](CC(N)=O)NC(=O)[C@@H]1CCCN1C(=O)[C@@H](NC(=O)[C@H](CC(C)C)NC(=O)CN)[C@@H](C)O)C(=O)N[C@@H](CC(N)=O)C(=O)N[C@@H](CO)C(=O)N[C@@H](CC(C)C)C(=O)N[C@@H](Cc1ccccc1)C(=O)N[C@@H](Cc1ccccc1)C(N)=O. The number of nitrogens with two attached hydrogens (primary N) is 4. The molecule has 0 unspecified atom stereocenters. The van der Waals surface area contributed by atoms with Crippen molar-refractivity contribution in [3.05, 3.63) is 71.8 Å². The van der Waals surface area contributed by atoms with Gasteiger partial charge in [0.05, 0.1) is 32.1 Å². The number of thioether (sulfide) groups is 1. The van der Waals surface area contributed by atoms with Gasteiger partial charge in [-0.15, -0.1) is 0 Å². The molecule has 0 aromatic heterocycles. The third-order valence-electron chi connectivity index (χ3n) is 13.8. The average Bonchev–Trinajstić information content (AvgIpc) is 3.05. The molecule has 0 bridgehead atoms. The van der Waals surface area contributed by atoms with Gasteiger partial charge in [-0.05, 0) is 74.0 Å². The molecule has 0 spiro atoms. The van der Waals surface area contributed by atoms with E-state index in [4.69, 9.17) is 22.9 Å². The van der Waals surface area contributed by atoms with Crippen molar-refractivity contribution < 1.29 is 72.5 Å². The van der Waals surface area contributed by atoms with Crippen LogP contribution in [0.15, 0.2) is 60.7 Å². The van der Waals surface area contributed by atoms with Crippen molar-refractivity contribution in [3.63, 3.8) is 0 Å². The molecule has 0 saturated carbocycles. The lowest BCUT2D eigenvalue weighted by Gasteiger charge is -2.32. The lowest BCUT2D eigenvalue weighted by molar-refractivity contribution is -0.145. The van der Waals surface area contributed by atoms with Crippen LogP contribution in [0.3, 0.4) is 0 Å². The first-order valence-electron chi connectivity index (χ1n) is 28.5. The zero-order chi connectivity index (χ0) is 65.1. The van der Waals surface area contributed by atoms with Crippen LogP contribution >= 0.6 is 11.8 Å². The molecule has 0 radical (unpaired) electrons. The molecule has 13 amide bonds. The highest BCUT2D eigenvalue weighted by atomic mass is 32.2. The van der Waals surface area contributed by atoms with Gasteiger partial charge in [0, 0.05) is 19.4 Å². The van der Waals surface area contributed by atoms with E-state index in [1.807, 2.05) is 0 Å². The smallest absolute Gasteiger partial charge is 0.248 e. The van der Waals surface area contributed by atoms with Gasteiger partial charge in [-0.2, -0.15) is 11.8 Å². The van der Waals surface area contributed by atoms with Crippen LogP contribution in [0.4, 0.5) is 0 Å². The van der Waals surface area contributed by atoms with Crippen molar-refractivity contribution in [2.45, 2.75) is 159 Å². The topological polar surface area (TPSA) is 478 Å². The summed E-state index contributed by atoms with van der Waals surface area (Å²) >= 11 is 1.24. The number of hydrogen-bond donors (Lipinski definition) is 15. The first-order chi connectivity index (χ1) is 41.1. The van der Waals surface area contributed by atoms with Crippen LogP contribution in [0.25, 0.3) is 0 Å². The Hall–Kier alpha value is -8.22. The minimum absolute atomic E-state index is 0.0296. The molecule has 1 fully saturated rings. The number of hydrogen-bond acceptors (Lipinski definition) is 17. The molecular formula is C57H86N14O15S. The van der Waals surface area contributed by atoms with Gasteiger partial charge in [0.1, 0.15) is 60.4 Å². The third-order valence-corrected chi connectivity index (χ3v) is 14.4. The summed E-state index contributed by atoms with van der Waals surface area (Å²) in [5, 5.41) is 43.3. The molecule has 2 aromatic carbocycles. The number of nitrogens with zero attached hydrogens (tertiary/aromatic N) is 1. The minimum atomic E-state index is -1.86. The van der Waals surface area contributed by atoms with E-state index in [0.29, 0.717) is 11.1 Å². The number of nitrogens with one attached hydrogen (secondary N) is 9. The van der Waals surface area contributed by atoms with Gasteiger partial charge >= 0.3 is 0 Å². The van der Waals surface area contributed by atoms with E-state index in [1.54, 1.807) is 94.6 Å². The Morgan fingerprint density at radius 2 is 0.966 bits per heavy atom. The van der Waals surface area contributed by atoms with Gasteiger partial charge in [-0.1, -0.05) is 88.4 Å².